The van der Waals surface area contributed by atoms with Gasteiger partial charge in [-0.25, -0.2) is 9.98 Å². The van der Waals surface area contributed by atoms with Crippen molar-refractivity contribution < 1.29 is 19.6 Å². The van der Waals surface area contributed by atoms with Gasteiger partial charge in [-0.2, -0.15) is 0 Å². The third-order valence-corrected chi connectivity index (χ3v) is 6.27. The number of aromatic hydroxyl groups is 1. The minimum Gasteiger partial charge on any atom is -0.494 e. The fourth-order valence-electron chi connectivity index (χ4n) is 4.33. The third-order valence-electron chi connectivity index (χ3n) is 6.27. The van der Waals surface area contributed by atoms with Crippen LogP contribution < -0.4 is 10.6 Å². The number of carbonyl (C=O) groups excluding carboxylic acids is 2. The molecule has 206 valence electrons. The number of hydrogen-bond acceptors (Lipinski definition) is 7. The van der Waals surface area contributed by atoms with Gasteiger partial charge in [0.2, 0.25) is 17.8 Å². The Morgan fingerprint density at radius 2 is 1.73 bits per heavy atom. The summed E-state index contributed by atoms with van der Waals surface area (Å²) < 4.78 is 0. The van der Waals surface area contributed by atoms with Crippen LogP contribution in [0.5, 0.6) is 5.88 Å². The number of fused-ring (bicyclic) bond motifs is 1. The molecule has 0 saturated carbocycles. The van der Waals surface area contributed by atoms with Gasteiger partial charge >= 0.3 is 0 Å². The van der Waals surface area contributed by atoms with E-state index in [-0.39, 0.29) is 23.4 Å². The van der Waals surface area contributed by atoms with Crippen molar-refractivity contribution in [2.45, 2.75) is 20.4 Å². The molecule has 0 atom stereocenters. The van der Waals surface area contributed by atoms with Crippen molar-refractivity contribution in [3.05, 3.63) is 99.7 Å². The summed E-state index contributed by atoms with van der Waals surface area (Å²) in [6, 6.07) is 18.8. The molecule has 5 N–H and O–H groups in total. The first-order valence-electron chi connectivity index (χ1n) is 12.5. The van der Waals surface area contributed by atoms with Gasteiger partial charge in [0, 0.05) is 49.0 Å². The van der Waals surface area contributed by atoms with Gasteiger partial charge < -0.3 is 20.4 Å². The number of rotatable bonds is 8. The number of nitrogens with one attached hydrogen (secondary N) is 4. The van der Waals surface area contributed by atoms with Crippen LogP contribution in [0.25, 0.3) is 22.2 Å². The molecule has 2 aromatic heterocycles. The number of hydrogen-bond donors (Lipinski definition) is 5. The number of anilines is 1. The highest BCUT2D eigenvalue weighted by atomic mass is 16.6. The van der Waals surface area contributed by atoms with Crippen LogP contribution in [-0.2, 0) is 16.1 Å². The summed E-state index contributed by atoms with van der Waals surface area (Å²) in [6.07, 6.45) is 1.61. The molecular weight excluding hydrogens is 526 g/mol. The fraction of sp³-hybridized carbons (Fsp3) is 0.103. The summed E-state index contributed by atoms with van der Waals surface area (Å²) in [7, 11) is 0. The van der Waals surface area contributed by atoms with Gasteiger partial charge in [0.1, 0.15) is 0 Å². The molecule has 0 spiro atoms. The van der Waals surface area contributed by atoms with Crippen LogP contribution in [0.2, 0.25) is 0 Å². The largest absolute Gasteiger partial charge is 0.494 e. The second-order valence-electron chi connectivity index (χ2n) is 9.28. The molecule has 12 heteroatoms. The van der Waals surface area contributed by atoms with Crippen LogP contribution >= 0.6 is 0 Å². The molecule has 2 heterocycles. The van der Waals surface area contributed by atoms with E-state index < -0.39 is 4.92 Å². The smallest absolute Gasteiger partial charge is 0.270 e. The summed E-state index contributed by atoms with van der Waals surface area (Å²) in [5, 5.41) is 28.2. The van der Waals surface area contributed by atoms with Crippen LogP contribution in [0, 0.1) is 10.1 Å². The predicted octanol–water partition coefficient (Wildman–Crippen LogP) is 4.94. The monoisotopic (exact) mass is 551 g/mol. The number of non-ortho nitro benzene ring substituents is 1. The van der Waals surface area contributed by atoms with Gasteiger partial charge in [0.25, 0.3) is 5.69 Å². The molecule has 5 rings (SSSR count). The van der Waals surface area contributed by atoms with Crippen molar-refractivity contribution in [3.8, 4) is 17.1 Å². The third kappa shape index (κ3) is 5.96. The first-order chi connectivity index (χ1) is 19.7. The number of imidazole rings is 1. The number of nitro groups is 1. The second kappa shape index (κ2) is 11.1. The lowest BCUT2D eigenvalue weighted by molar-refractivity contribution is -0.384. The molecule has 0 fully saturated rings. The Hall–Kier alpha value is -5.78. The van der Waals surface area contributed by atoms with Crippen LogP contribution in [0.1, 0.15) is 30.5 Å². The number of aliphatic imine (C=N–C) groups is 1. The average molecular weight is 552 g/mol. The summed E-state index contributed by atoms with van der Waals surface area (Å²) in [5.74, 6) is -0.229. The SMILES string of the molecule is CC(=O)NCc1ccc(C(=Nc2ccc(-c3cnc(NC(C)=O)[nH]3)cc2)c2c(O)[nH]c3ccc([N+](=O)[O-])cc23)cc1. The molecule has 5 aromatic rings. The van der Waals surface area contributed by atoms with Gasteiger partial charge in [-0.05, 0) is 29.3 Å². The Balaban J connectivity index is 1.58. The molecule has 12 nitrogen and oxygen atoms in total. The van der Waals surface area contributed by atoms with Crippen LogP contribution in [0.4, 0.5) is 17.3 Å². The van der Waals surface area contributed by atoms with Crippen molar-refractivity contribution >= 4 is 45.8 Å². The summed E-state index contributed by atoms with van der Waals surface area (Å²) in [6.45, 7) is 3.19. The van der Waals surface area contributed by atoms with Gasteiger partial charge in [0.15, 0.2) is 5.88 Å². The molecule has 0 aliphatic carbocycles. The molecule has 3 aromatic carbocycles. The lowest BCUT2D eigenvalue weighted by atomic mass is 9.99. The highest BCUT2D eigenvalue weighted by Gasteiger charge is 2.21. The molecule has 0 bridgehead atoms. The summed E-state index contributed by atoms with van der Waals surface area (Å²) in [5.41, 5.74) is 4.68. The van der Waals surface area contributed by atoms with Crippen molar-refractivity contribution in [3.63, 3.8) is 0 Å². The van der Waals surface area contributed by atoms with E-state index in [2.05, 4.69) is 25.6 Å². The number of H-pyrrole nitrogens is 2. The number of nitrogens with zero attached hydrogens (tertiary/aromatic N) is 3. The van der Waals surface area contributed by atoms with E-state index in [1.54, 1.807) is 24.4 Å². The van der Waals surface area contributed by atoms with Gasteiger partial charge in [-0.15, -0.1) is 0 Å². The van der Waals surface area contributed by atoms with E-state index in [1.165, 1.54) is 26.0 Å². The molecule has 0 aliphatic rings. The van der Waals surface area contributed by atoms with Crippen molar-refractivity contribution in [2.24, 2.45) is 4.99 Å². The first-order valence-corrected chi connectivity index (χ1v) is 12.5. The normalized spacial score (nSPS) is 11.4. The maximum absolute atomic E-state index is 11.5. The van der Waals surface area contributed by atoms with E-state index in [4.69, 9.17) is 4.99 Å². The fourth-order valence-corrected chi connectivity index (χ4v) is 4.33. The van der Waals surface area contributed by atoms with Crippen molar-refractivity contribution in [1.82, 2.24) is 20.3 Å². The quantitative estimate of drug-likeness (QED) is 0.104. The molecule has 0 saturated heterocycles. The number of carbonyl (C=O) groups is 2. The van der Waals surface area contributed by atoms with E-state index in [1.807, 2.05) is 36.4 Å². The molecule has 2 amide bonds. The number of aromatic amines is 2. The number of nitro benzene ring substituents is 1. The maximum atomic E-state index is 11.5. The molecule has 0 unspecified atom stereocenters. The summed E-state index contributed by atoms with van der Waals surface area (Å²) in [4.78, 5) is 48.5. The highest BCUT2D eigenvalue weighted by Crippen LogP contribution is 2.34. The van der Waals surface area contributed by atoms with Crippen molar-refractivity contribution in [1.29, 1.82) is 0 Å². The zero-order chi connectivity index (χ0) is 29.1. The first kappa shape index (κ1) is 26.8. The Labute approximate surface area is 233 Å². The summed E-state index contributed by atoms with van der Waals surface area (Å²) >= 11 is 0. The number of amides is 2. The number of benzene rings is 3. The minimum absolute atomic E-state index is 0.120. The van der Waals surface area contributed by atoms with Crippen LogP contribution in [0.15, 0.2) is 77.9 Å². The minimum atomic E-state index is -0.494. The Bertz CT molecular complexity index is 1800. The average Bonchev–Trinajstić information content (AvgIpc) is 3.54. The Morgan fingerprint density at radius 1 is 1.00 bits per heavy atom. The predicted molar refractivity (Wildman–Crippen MR) is 154 cm³/mol. The standard InChI is InChI=1S/C29H25N7O5/c1-16(37)30-14-18-3-5-20(6-4-18)27(26-23-13-22(36(40)41)11-12-24(23)34-28(26)39)33-21-9-7-19(8-10-21)25-15-31-29(35-25)32-17(2)38/h3-13,15,34,39H,14H2,1-2H3,(H,30,37)(H2,31,32,35,38). The zero-order valence-corrected chi connectivity index (χ0v) is 22.1. The van der Waals surface area contributed by atoms with E-state index >= 15 is 0 Å². The number of aromatic nitrogens is 3. The maximum Gasteiger partial charge on any atom is 0.270 e. The van der Waals surface area contributed by atoms with Gasteiger partial charge in [0.05, 0.1) is 33.8 Å². The highest BCUT2D eigenvalue weighted by molar-refractivity contribution is 6.22. The molecular formula is C29H25N7O5. The topological polar surface area (TPSA) is 178 Å². The van der Waals surface area contributed by atoms with Crippen LogP contribution in [0.3, 0.4) is 0 Å². The van der Waals surface area contributed by atoms with E-state index in [0.29, 0.717) is 51.6 Å². The lowest BCUT2D eigenvalue weighted by Gasteiger charge is -2.10. The zero-order valence-electron chi connectivity index (χ0n) is 22.1. The molecule has 41 heavy (non-hydrogen) atoms. The van der Waals surface area contributed by atoms with Crippen molar-refractivity contribution in [2.75, 3.05) is 5.32 Å². The van der Waals surface area contributed by atoms with Gasteiger partial charge in [-0.1, -0.05) is 36.4 Å². The van der Waals surface area contributed by atoms with E-state index in [0.717, 1.165) is 11.1 Å². The van der Waals surface area contributed by atoms with Crippen LogP contribution in [-0.4, -0.2) is 42.5 Å². The Morgan fingerprint density at radius 3 is 2.39 bits per heavy atom. The lowest BCUT2D eigenvalue weighted by Crippen LogP contribution is -2.18. The molecule has 0 radical (unpaired) electrons. The Kier molecular flexibility index (Phi) is 7.29. The van der Waals surface area contributed by atoms with Gasteiger partial charge in [-0.3, -0.25) is 25.0 Å². The second-order valence-corrected chi connectivity index (χ2v) is 9.28. The molecule has 0 aliphatic heterocycles. The van der Waals surface area contributed by atoms with E-state index in [9.17, 15) is 24.8 Å².